The normalized spacial score (nSPS) is 25.1. The van der Waals surface area contributed by atoms with Gasteiger partial charge >= 0.3 is 0 Å². The van der Waals surface area contributed by atoms with Crippen LogP contribution in [0.25, 0.3) is 0 Å². The molecule has 0 unspecified atom stereocenters. The lowest BCUT2D eigenvalue weighted by molar-refractivity contribution is -0.134. The first-order valence-electron chi connectivity index (χ1n) is 9.09. The van der Waals surface area contributed by atoms with E-state index in [-0.39, 0.29) is 29.3 Å². The molecule has 2 saturated carbocycles. The first-order valence-corrected chi connectivity index (χ1v) is 9.09. The number of rotatable bonds is 3. The molecule has 22 heavy (non-hydrogen) atoms. The Kier molecular flexibility index (Phi) is 4.90. The van der Waals surface area contributed by atoms with Crippen LogP contribution in [0.1, 0.15) is 92.4 Å². The van der Waals surface area contributed by atoms with Crippen molar-refractivity contribution in [2.24, 2.45) is 22.2 Å². The van der Waals surface area contributed by atoms with Crippen LogP contribution in [0.2, 0.25) is 0 Å². The summed E-state index contributed by atoms with van der Waals surface area (Å²) in [6, 6.07) is 0. The Balaban J connectivity index is 1.85. The first kappa shape index (κ1) is 17.7. The van der Waals surface area contributed by atoms with E-state index >= 15 is 0 Å². The van der Waals surface area contributed by atoms with Gasteiger partial charge in [0, 0.05) is 11.3 Å². The molecular weight excluding hydrogens is 272 g/mol. The lowest BCUT2D eigenvalue weighted by Crippen LogP contribution is -2.36. The molecule has 2 aliphatic carbocycles. The van der Waals surface area contributed by atoms with Gasteiger partial charge in [-0.2, -0.15) is 0 Å². The summed E-state index contributed by atoms with van der Waals surface area (Å²) in [5, 5.41) is 0. The van der Waals surface area contributed by atoms with Crippen LogP contribution in [-0.2, 0) is 9.59 Å². The molecule has 0 saturated heterocycles. The molecule has 2 nitrogen and oxygen atoms in total. The minimum atomic E-state index is -0.388. The number of ketones is 2. The van der Waals surface area contributed by atoms with Crippen molar-refractivity contribution in [2.75, 3.05) is 0 Å². The molecule has 126 valence electrons. The van der Waals surface area contributed by atoms with Gasteiger partial charge in [0.2, 0.25) is 0 Å². The summed E-state index contributed by atoms with van der Waals surface area (Å²) >= 11 is 0. The van der Waals surface area contributed by atoms with Crippen LogP contribution in [0.3, 0.4) is 0 Å². The van der Waals surface area contributed by atoms with Gasteiger partial charge in [-0.3, -0.25) is 9.59 Å². The SMILES string of the molecule is CC1(C)CCC2(CCC(C(=O)CC(=O)C(C)(C)C)CC2)CC1. The molecule has 2 heteroatoms. The van der Waals surface area contributed by atoms with Gasteiger partial charge in [0.05, 0.1) is 6.42 Å². The van der Waals surface area contributed by atoms with Crippen LogP contribution in [0.15, 0.2) is 0 Å². The van der Waals surface area contributed by atoms with Crippen molar-refractivity contribution < 1.29 is 9.59 Å². The van der Waals surface area contributed by atoms with Crippen LogP contribution in [0, 0.1) is 22.2 Å². The predicted molar refractivity (Wildman–Crippen MR) is 90.7 cm³/mol. The molecule has 1 spiro atoms. The van der Waals surface area contributed by atoms with Crippen LogP contribution in [0.4, 0.5) is 0 Å². The molecule has 0 amide bonds. The second-order valence-electron chi connectivity index (χ2n) is 9.75. The Morgan fingerprint density at radius 3 is 1.86 bits per heavy atom. The van der Waals surface area contributed by atoms with Gasteiger partial charge in [-0.1, -0.05) is 34.6 Å². The number of carbonyl (C=O) groups excluding carboxylic acids is 2. The predicted octanol–water partition coefficient (Wildman–Crippen LogP) is 5.34. The fourth-order valence-corrected chi connectivity index (χ4v) is 4.08. The van der Waals surface area contributed by atoms with Gasteiger partial charge in [-0.15, -0.1) is 0 Å². The van der Waals surface area contributed by atoms with Crippen molar-refractivity contribution in [3.8, 4) is 0 Å². The third kappa shape index (κ3) is 4.20. The molecule has 0 bridgehead atoms. The molecule has 0 atom stereocenters. The lowest BCUT2D eigenvalue weighted by atomic mass is 9.58. The lowest BCUT2D eigenvalue weighted by Gasteiger charge is -2.47. The summed E-state index contributed by atoms with van der Waals surface area (Å²) in [5.41, 5.74) is 0.637. The third-order valence-corrected chi connectivity index (χ3v) is 6.34. The highest BCUT2D eigenvalue weighted by Crippen LogP contribution is 2.53. The molecule has 2 fully saturated rings. The van der Waals surface area contributed by atoms with E-state index in [0.717, 1.165) is 12.8 Å². The molecule has 0 aromatic carbocycles. The number of Topliss-reactive ketones (excluding diaryl/α,β-unsaturated/α-hetero) is 2. The van der Waals surface area contributed by atoms with Crippen molar-refractivity contribution in [1.29, 1.82) is 0 Å². The van der Waals surface area contributed by atoms with E-state index in [2.05, 4.69) is 13.8 Å². The second-order valence-corrected chi connectivity index (χ2v) is 9.75. The van der Waals surface area contributed by atoms with Crippen LogP contribution >= 0.6 is 0 Å². The van der Waals surface area contributed by atoms with Crippen LogP contribution < -0.4 is 0 Å². The Morgan fingerprint density at radius 2 is 1.41 bits per heavy atom. The second kappa shape index (κ2) is 6.09. The summed E-state index contributed by atoms with van der Waals surface area (Å²) in [5.74, 6) is 0.440. The molecule has 0 heterocycles. The average molecular weight is 306 g/mol. The maximum absolute atomic E-state index is 12.4. The molecular formula is C20H34O2. The zero-order valence-electron chi connectivity index (χ0n) is 15.3. The molecule has 0 radical (unpaired) electrons. The minimum absolute atomic E-state index is 0.0946. The Bertz CT molecular complexity index is 419. The average Bonchev–Trinajstić information content (AvgIpc) is 2.42. The van der Waals surface area contributed by atoms with Crippen molar-refractivity contribution in [2.45, 2.75) is 92.4 Å². The summed E-state index contributed by atoms with van der Waals surface area (Å²) in [6.07, 6.45) is 9.89. The van der Waals surface area contributed by atoms with Crippen molar-refractivity contribution in [3.05, 3.63) is 0 Å². The highest BCUT2D eigenvalue weighted by Gasteiger charge is 2.42. The van der Waals surface area contributed by atoms with Gasteiger partial charge in [-0.25, -0.2) is 0 Å². The standard InChI is InChI=1S/C20H34O2/c1-18(2,3)17(22)14-16(21)15-6-8-20(9-7-15)12-10-19(4,5)11-13-20/h15H,6-14H2,1-5H3. The van der Waals surface area contributed by atoms with Gasteiger partial charge in [0.1, 0.15) is 11.6 Å². The molecule has 0 aromatic rings. The van der Waals surface area contributed by atoms with Gasteiger partial charge < -0.3 is 0 Å². The zero-order chi connectivity index (χ0) is 16.6. The molecule has 0 aliphatic heterocycles. The van der Waals surface area contributed by atoms with E-state index in [1.165, 1.54) is 38.5 Å². The highest BCUT2D eigenvalue weighted by molar-refractivity contribution is 6.02. The minimum Gasteiger partial charge on any atom is -0.299 e. The van der Waals surface area contributed by atoms with Crippen LogP contribution in [-0.4, -0.2) is 11.6 Å². The van der Waals surface area contributed by atoms with Gasteiger partial charge in [-0.05, 0) is 62.2 Å². The van der Waals surface area contributed by atoms with Gasteiger partial charge in [0.25, 0.3) is 0 Å². The third-order valence-electron chi connectivity index (χ3n) is 6.34. The number of hydrogen-bond acceptors (Lipinski definition) is 2. The van der Waals surface area contributed by atoms with Crippen molar-refractivity contribution >= 4 is 11.6 Å². The van der Waals surface area contributed by atoms with E-state index < -0.39 is 0 Å². The maximum atomic E-state index is 12.4. The van der Waals surface area contributed by atoms with E-state index in [9.17, 15) is 9.59 Å². The van der Waals surface area contributed by atoms with E-state index in [0.29, 0.717) is 10.8 Å². The van der Waals surface area contributed by atoms with E-state index in [1.807, 2.05) is 20.8 Å². The molecule has 2 aliphatic rings. The summed E-state index contributed by atoms with van der Waals surface area (Å²) in [7, 11) is 0. The van der Waals surface area contributed by atoms with Gasteiger partial charge in [0.15, 0.2) is 0 Å². The van der Waals surface area contributed by atoms with E-state index in [4.69, 9.17) is 0 Å². The number of carbonyl (C=O) groups is 2. The monoisotopic (exact) mass is 306 g/mol. The quantitative estimate of drug-likeness (QED) is 0.660. The van der Waals surface area contributed by atoms with Crippen LogP contribution in [0.5, 0.6) is 0 Å². The van der Waals surface area contributed by atoms with Crippen molar-refractivity contribution in [1.82, 2.24) is 0 Å². The smallest absolute Gasteiger partial charge is 0.145 e. The number of hydrogen-bond donors (Lipinski definition) is 0. The highest BCUT2D eigenvalue weighted by atomic mass is 16.1. The fraction of sp³-hybridized carbons (Fsp3) is 0.900. The Hall–Kier alpha value is -0.660. The fourth-order valence-electron chi connectivity index (χ4n) is 4.08. The molecule has 2 rings (SSSR count). The van der Waals surface area contributed by atoms with E-state index in [1.54, 1.807) is 0 Å². The summed E-state index contributed by atoms with van der Waals surface area (Å²) in [4.78, 5) is 24.5. The zero-order valence-corrected chi connectivity index (χ0v) is 15.3. The molecule has 0 N–H and O–H groups in total. The first-order chi connectivity index (χ1) is 10.0. The Labute approximate surface area is 136 Å². The topological polar surface area (TPSA) is 34.1 Å². The maximum Gasteiger partial charge on any atom is 0.145 e. The van der Waals surface area contributed by atoms with Crippen molar-refractivity contribution in [3.63, 3.8) is 0 Å². The summed E-state index contributed by atoms with van der Waals surface area (Å²) in [6.45, 7) is 10.5. The Morgan fingerprint density at radius 1 is 0.909 bits per heavy atom. The molecule has 0 aromatic heterocycles. The largest absolute Gasteiger partial charge is 0.299 e. The summed E-state index contributed by atoms with van der Waals surface area (Å²) < 4.78 is 0.